The highest BCUT2D eigenvalue weighted by molar-refractivity contribution is 5.86. The number of aromatic amines is 2. The number of nitrogens with one attached hydrogen (secondary N) is 3. The molecule has 0 spiro atoms. The van der Waals surface area contributed by atoms with Crippen LogP contribution in [0.3, 0.4) is 0 Å². The molecule has 1 aliphatic rings. The molecule has 238 valence electrons. The lowest BCUT2D eigenvalue weighted by Crippen LogP contribution is -2.40. The topological polar surface area (TPSA) is 159 Å². The highest BCUT2D eigenvalue weighted by Crippen LogP contribution is 2.35. The van der Waals surface area contributed by atoms with E-state index >= 15 is 0 Å². The molecule has 13 heteroatoms. The summed E-state index contributed by atoms with van der Waals surface area (Å²) in [6.45, 7) is 1.32. The SMILES string of the molecule is COC(=O)NCC(=O)N1CCC[C@H]1c1ncc(-c2ccc3oc(-c4ccc(-c5cnc[nH]5)cc4)c(OCCN(C)C)c(=O)c3c2)[nH]1. The Labute approximate surface area is 264 Å². The van der Waals surface area contributed by atoms with Gasteiger partial charge >= 0.3 is 6.09 Å². The van der Waals surface area contributed by atoms with E-state index in [2.05, 4.69) is 30.0 Å². The molecule has 2 amide bonds. The van der Waals surface area contributed by atoms with E-state index in [0.717, 1.165) is 29.7 Å². The van der Waals surface area contributed by atoms with E-state index in [1.807, 2.05) is 49.3 Å². The first-order chi connectivity index (χ1) is 22.3. The Morgan fingerprint density at radius 1 is 1.09 bits per heavy atom. The molecular formula is C33H35N7O6. The Morgan fingerprint density at radius 3 is 2.61 bits per heavy atom. The molecule has 4 heterocycles. The Kier molecular flexibility index (Phi) is 8.83. The van der Waals surface area contributed by atoms with Crippen molar-refractivity contribution >= 4 is 23.0 Å². The molecular weight excluding hydrogens is 590 g/mol. The quantitative estimate of drug-likeness (QED) is 0.207. The van der Waals surface area contributed by atoms with Crippen LogP contribution in [0.1, 0.15) is 24.7 Å². The maximum atomic E-state index is 14.0. The molecule has 1 saturated heterocycles. The van der Waals surface area contributed by atoms with Gasteiger partial charge in [0.2, 0.25) is 17.1 Å². The predicted octanol–water partition coefficient (Wildman–Crippen LogP) is 4.20. The Morgan fingerprint density at radius 2 is 1.87 bits per heavy atom. The summed E-state index contributed by atoms with van der Waals surface area (Å²) in [6.07, 6.45) is 5.94. The molecule has 1 aliphatic heterocycles. The molecule has 5 aromatic rings. The van der Waals surface area contributed by atoms with Gasteiger partial charge in [0.25, 0.3) is 0 Å². The predicted molar refractivity (Wildman–Crippen MR) is 171 cm³/mol. The summed E-state index contributed by atoms with van der Waals surface area (Å²) in [7, 11) is 5.12. The second-order valence-electron chi connectivity index (χ2n) is 11.3. The maximum absolute atomic E-state index is 14.0. The summed E-state index contributed by atoms with van der Waals surface area (Å²) in [6, 6.07) is 12.8. The summed E-state index contributed by atoms with van der Waals surface area (Å²) < 4.78 is 17.0. The van der Waals surface area contributed by atoms with Crippen molar-refractivity contribution < 1.29 is 23.5 Å². The largest absolute Gasteiger partial charge is 0.485 e. The fourth-order valence-corrected chi connectivity index (χ4v) is 5.54. The molecule has 46 heavy (non-hydrogen) atoms. The van der Waals surface area contributed by atoms with Gasteiger partial charge in [-0.2, -0.15) is 0 Å². The number of hydrogen-bond acceptors (Lipinski definition) is 9. The van der Waals surface area contributed by atoms with Crippen molar-refractivity contribution in [2.24, 2.45) is 0 Å². The van der Waals surface area contributed by atoms with Gasteiger partial charge < -0.3 is 39.0 Å². The van der Waals surface area contributed by atoms with Crippen LogP contribution in [0.15, 0.2) is 70.4 Å². The van der Waals surface area contributed by atoms with Crippen LogP contribution >= 0.6 is 0 Å². The number of H-pyrrole nitrogens is 2. The minimum Gasteiger partial charge on any atom is -0.485 e. The number of likely N-dealkylation sites (tertiary alicyclic amines) is 1. The molecule has 6 rings (SSSR count). The molecule has 0 unspecified atom stereocenters. The van der Waals surface area contributed by atoms with Crippen LogP contribution in [0.2, 0.25) is 0 Å². The van der Waals surface area contributed by atoms with Gasteiger partial charge in [-0.3, -0.25) is 9.59 Å². The van der Waals surface area contributed by atoms with Crippen molar-refractivity contribution in [3.63, 3.8) is 0 Å². The van der Waals surface area contributed by atoms with E-state index in [9.17, 15) is 14.4 Å². The number of likely N-dealkylation sites (N-methyl/N-ethyl adjacent to an activating group) is 1. The smallest absolute Gasteiger partial charge is 0.407 e. The number of amides is 2. The van der Waals surface area contributed by atoms with Crippen LogP contribution in [0.4, 0.5) is 4.79 Å². The van der Waals surface area contributed by atoms with E-state index in [0.29, 0.717) is 53.5 Å². The van der Waals surface area contributed by atoms with E-state index in [4.69, 9.17) is 9.15 Å². The van der Waals surface area contributed by atoms with Crippen LogP contribution in [-0.4, -0.2) is 89.2 Å². The zero-order valence-corrected chi connectivity index (χ0v) is 25.8. The Balaban J connectivity index is 1.30. The van der Waals surface area contributed by atoms with E-state index in [1.165, 1.54) is 7.11 Å². The summed E-state index contributed by atoms with van der Waals surface area (Å²) in [4.78, 5) is 57.0. The fraction of sp³-hybridized carbons (Fsp3) is 0.303. The molecule has 0 radical (unpaired) electrons. The number of methoxy groups -OCH3 is 1. The Bertz CT molecular complexity index is 1900. The lowest BCUT2D eigenvalue weighted by molar-refractivity contribution is -0.131. The molecule has 1 atom stereocenters. The zero-order chi connectivity index (χ0) is 32.2. The second kappa shape index (κ2) is 13.3. The third-order valence-corrected chi connectivity index (χ3v) is 7.95. The number of carbonyl (C=O) groups is 2. The molecule has 0 aliphatic carbocycles. The Hall–Kier alpha value is -5.43. The van der Waals surface area contributed by atoms with Gasteiger partial charge in [0, 0.05) is 24.2 Å². The van der Waals surface area contributed by atoms with Crippen molar-refractivity contribution in [2.75, 3.05) is 47.4 Å². The lowest BCUT2D eigenvalue weighted by Gasteiger charge is -2.23. The van der Waals surface area contributed by atoms with Crippen LogP contribution < -0.4 is 15.5 Å². The summed E-state index contributed by atoms with van der Waals surface area (Å²) in [5.41, 5.74) is 4.11. The number of nitrogens with zero attached hydrogens (tertiary/aromatic N) is 4. The molecule has 0 bridgehead atoms. The number of rotatable bonds is 10. The normalized spacial score (nSPS) is 14.6. The van der Waals surface area contributed by atoms with Gasteiger partial charge in [-0.25, -0.2) is 14.8 Å². The van der Waals surface area contributed by atoms with Crippen molar-refractivity contribution in [2.45, 2.75) is 18.9 Å². The third-order valence-electron chi connectivity index (χ3n) is 7.95. The number of carbonyl (C=O) groups excluding carboxylic acids is 2. The average Bonchev–Trinajstić information content (AvgIpc) is 3.87. The first-order valence-corrected chi connectivity index (χ1v) is 15.0. The van der Waals surface area contributed by atoms with Gasteiger partial charge in [0.1, 0.15) is 24.6 Å². The molecule has 3 aromatic heterocycles. The molecule has 2 aromatic carbocycles. The molecule has 1 fully saturated rings. The number of ether oxygens (including phenoxy) is 2. The number of aromatic nitrogens is 4. The van der Waals surface area contributed by atoms with Crippen LogP contribution in [-0.2, 0) is 9.53 Å². The minimum absolute atomic E-state index is 0.145. The van der Waals surface area contributed by atoms with Gasteiger partial charge in [-0.15, -0.1) is 0 Å². The summed E-state index contributed by atoms with van der Waals surface area (Å²) in [5.74, 6) is 0.916. The zero-order valence-electron chi connectivity index (χ0n) is 25.8. The van der Waals surface area contributed by atoms with E-state index < -0.39 is 6.09 Å². The number of imidazole rings is 2. The van der Waals surface area contributed by atoms with Gasteiger partial charge in [0.05, 0.1) is 48.6 Å². The number of benzene rings is 2. The van der Waals surface area contributed by atoms with Gasteiger partial charge in [-0.1, -0.05) is 24.3 Å². The van der Waals surface area contributed by atoms with Crippen molar-refractivity contribution in [1.82, 2.24) is 35.1 Å². The highest BCUT2D eigenvalue weighted by Gasteiger charge is 2.32. The second-order valence-corrected chi connectivity index (χ2v) is 11.3. The first kappa shape index (κ1) is 30.6. The third kappa shape index (κ3) is 6.35. The summed E-state index contributed by atoms with van der Waals surface area (Å²) >= 11 is 0. The minimum atomic E-state index is -0.660. The van der Waals surface area contributed by atoms with Crippen LogP contribution in [0.25, 0.3) is 44.8 Å². The number of hydrogen-bond donors (Lipinski definition) is 3. The first-order valence-electron chi connectivity index (χ1n) is 15.0. The van der Waals surface area contributed by atoms with Crippen molar-refractivity contribution in [1.29, 1.82) is 0 Å². The van der Waals surface area contributed by atoms with Crippen LogP contribution in [0, 0.1) is 0 Å². The van der Waals surface area contributed by atoms with E-state index in [1.54, 1.807) is 35.8 Å². The summed E-state index contributed by atoms with van der Waals surface area (Å²) in [5, 5.41) is 2.81. The molecule has 13 nitrogen and oxygen atoms in total. The van der Waals surface area contributed by atoms with Crippen molar-refractivity contribution in [3.8, 4) is 39.6 Å². The highest BCUT2D eigenvalue weighted by atomic mass is 16.5. The molecule has 3 N–H and O–H groups in total. The molecule has 0 saturated carbocycles. The number of alkyl carbamates (subject to hydrolysis) is 1. The van der Waals surface area contributed by atoms with Crippen molar-refractivity contribution in [3.05, 3.63) is 77.2 Å². The van der Waals surface area contributed by atoms with E-state index in [-0.39, 0.29) is 29.7 Å². The lowest BCUT2D eigenvalue weighted by atomic mass is 10.0. The monoisotopic (exact) mass is 625 g/mol. The average molecular weight is 626 g/mol. The standard InChI is InChI=1S/C33H35N7O6/c1-39(2)13-14-45-31-29(42)23-15-22(10-11-27(23)46-30(31)21-8-6-20(7-9-21)24-16-34-19-37-24)25-17-35-32(38-25)26-5-4-12-40(26)28(41)18-36-33(43)44-3/h6-11,15-17,19,26H,4-5,12-14,18H2,1-3H3,(H,34,37)(H,35,38)(H,36,43)/t26-/m0/s1. The van der Waals surface area contributed by atoms with Gasteiger partial charge in [0.15, 0.2) is 5.76 Å². The van der Waals surface area contributed by atoms with Crippen LogP contribution in [0.5, 0.6) is 5.75 Å². The number of fused-ring (bicyclic) bond motifs is 1. The maximum Gasteiger partial charge on any atom is 0.407 e. The van der Waals surface area contributed by atoms with Gasteiger partial charge in [-0.05, 0) is 50.7 Å². The fourth-order valence-electron chi connectivity index (χ4n) is 5.54.